The number of likely N-dealkylation sites (tertiary alicyclic amines) is 1. The number of amides is 3. The summed E-state index contributed by atoms with van der Waals surface area (Å²) in [7, 11) is 2.54. The van der Waals surface area contributed by atoms with Crippen molar-refractivity contribution in [2.24, 2.45) is 29.1 Å². The Morgan fingerprint density at radius 3 is 2.36 bits per heavy atom. The van der Waals surface area contributed by atoms with E-state index in [9.17, 15) is 19.5 Å². The van der Waals surface area contributed by atoms with E-state index in [0.29, 0.717) is 39.0 Å². The third-order valence-corrected chi connectivity index (χ3v) is 6.82. The molecule has 0 aromatic rings. The van der Waals surface area contributed by atoms with Crippen LogP contribution in [0.5, 0.6) is 0 Å². The lowest BCUT2D eigenvalue weighted by Gasteiger charge is -2.38. The van der Waals surface area contributed by atoms with Gasteiger partial charge < -0.3 is 19.9 Å². The van der Waals surface area contributed by atoms with Crippen LogP contribution in [-0.4, -0.2) is 87.1 Å². The number of hydroxylamine groups is 2. The molecule has 2 saturated heterocycles. The second-order valence-electron chi connectivity index (χ2n) is 8.75. The van der Waals surface area contributed by atoms with E-state index in [0.717, 1.165) is 11.5 Å². The smallest absolute Gasteiger partial charge is 0.258 e. The zero-order valence-electron chi connectivity index (χ0n) is 23.4. The number of carbonyl (C=O) groups excluding carboxylic acids is 3. The summed E-state index contributed by atoms with van der Waals surface area (Å²) in [6.45, 7) is 1.66. The average molecular weight is 499 g/mol. The highest BCUT2D eigenvalue weighted by molar-refractivity contribution is 6.05. The Kier molecular flexibility index (Phi) is 9.02. The molecule has 2 bridgehead atoms. The van der Waals surface area contributed by atoms with Crippen molar-refractivity contribution in [1.29, 1.82) is 2.60 Å². The van der Waals surface area contributed by atoms with E-state index in [4.69, 9.17) is 14.9 Å². The summed E-state index contributed by atoms with van der Waals surface area (Å²) in [5.41, 5.74) is -0.381. The number of ether oxygens (including phenoxy) is 1. The van der Waals surface area contributed by atoms with E-state index in [-0.39, 0.29) is 73.5 Å². The molecule has 0 aromatic heterocycles. The Hall–Kier alpha value is -1.52. The minimum absolute atomic E-state index is 0.0175. The summed E-state index contributed by atoms with van der Waals surface area (Å²) in [6, 6.07) is 0. The number of halogens is 1. The van der Waals surface area contributed by atoms with Crippen molar-refractivity contribution in [3.05, 3.63) is 12.2 Å². The Balaban J connectivity index is 0.000000894. The molecule has 3 amide bonds. The summed E-state index contributed by atoms with van der Waals surface area (Å²) >= 11 is 3.89. The first-order chi connectivity index (χ1) is 17.9. The number of imide groups is 1. The average Bonchev–Trinajstić information content (AvgIpc) is 3.63. The van der Waals surface area contributed by atoms with Crippen molar-refractivity contribution in [2.75, 3.05) is 46.6 Å². The van der Waals surface area contributed by atoms with Crippen LogP contribution in [0.15, 0.2) is 12.2 Å². The fourth-order valence-electron chi connectivity index (χ4n) is 4.96. The molecule has 4 unspecified atom stereocenters. The number of carbonyl (C=O) groups is 3. The van der Waals surface area contributed by atoms with Gasteiger partial charge in [-0.1, -0.05) is 26.5 Å². The monoisotopic (exact) mass is 498 g/mol. The van der Waals surface area contributed by atoms with Crippen LogP contribution < -0.4 is 0 Å². The molecule has 2 aliphatic heterocycles. The van der Waals surface area contributed by atoms with Crippen LogP contribution >= 0.6 is 12.3 Å². The molecule has 0 spiro atoms. The summed E-state index contributed by atoms with van der Waals surface area (Å²) in [5.74, 6) is -0.746. The molecule has 2 N–H and O–H groups in total. The van der Waals surface area contributed by atoms with E-state index >= 15 is 0 Å². The van der Waals surface area contributed by atoms with Crippen LogP contribution in [0, 0.1) is 29.1 Å². The standard InChI is InChI=1S/C21H30N2O6.CH4O.CH4.ClH/c1-21(13-24)5-7-22(8-6-21)16(25)12-28-9-2-10-29-23-19(26)17-14-3-4-15(11-14)18(17)20(23)27;1-2;;/h3-4,14-15,17-18,24H,2,5-13H2,1H3;2H,1H3;1H4;1H/i1T;2T;1T;/hT. The highest BCUT2D eigenvalue weighted by Crippen LogP contribution is 2.52. The van der Waals surface area contributed by atoms with Crippen molar-refractivity contribution in [3.63, 3.8) is 0 Å². The van der Waals surface area contributed by atoms with Crippen LogP contribution in [0.3, 0.4) is 0 Å². The van der Waals surface area contributed by atoms with E-state index in [1.807, 2.05) is 12.2 Å². The first-order valence-corrected chi connectivity index (χ1v) is 10.9. The quantitative estimate of drug-likeness (QED) is 0.295. The molecule has 1 saturated carbocycles. The van der Waals surface area contributed by atoms with E-state index in [1.165, 1.54) is 14.5 Å². The third-order valence-electron chi connectivity index (χ3n) is 6.82. The molecule has 4 atom stereocenters. The SMILES string of the molecule is [3H]C.[3H]CC1(CO)CCN(C(=O)COCCCON2C(=O)C3C4C=CC(C4)C3C2=O)CC1.[3H]Cl.[3H]OC. The molecule has 9 nitrogen and oxygen atoms in total. The highest BCUT2D eigenvalue weighted by atomic mass is 35.5. The summed E-state index contributed by atoms with van der Waals surface area (Å²) < 4.78 is 29.7. The molecule has 0 aromatic carbocycles. The lowest BCUT2D eigenvalue weighted by atomic mass is 9.81. The molecule has 3 fully saturated rings. The minimum Gasteiger partial charge on any atom is -0.400 e. The van der Waals surface area contributed by atoms with Gasteiger partial charge in [0, 0.05) is 36.2 Å². The largest absolute Gasteiger partial charge is 0.400 e. The van der Waals surface area contributed by atoms with Gasteiger partial charge in [-0.2, -0.15) is 5.06 Å². The van der Waals surface area contributed by atoms with Gasteiger partial charge in [0.15, 0.2) is 0 Å². The van der Waals surface area contributed by atoms with Gasteiger partial charge in [0.25, 0.3) is 11.8 Å². The first-order valence-electron chi connectivity index (χ1n) is 13.3. The predicted molar refractivity (Wildman–Crippen MR) is 124 cm³/mol. The fraction of sp³-hybridized carbons (Fsp3) is 0.783. The highest BCUT2D eigenvalue weighted by Gasteiger charge is 2.60. The van der Waals surface area contributed by atoms with Crippen molar-refractivity contribution in [2.45, 2.75) is 40.0 Å². The lowest BCUT2D eigenvalue weighted by molar-refractivity contribution is -0.191. The van der Waals surface area contributed by atoms with Crippen LogP contribution in [-0.2, 0) is 24.0 Å². The molecule has 2 heterocycles. The van der Waals surface area contributed by atoms with Crippen molar-refractivity contribution >= 4 is 30.0 Å². The second kappa shape index (κ2) is 12.8. The van der Waals surface area contributed by atoms with Gasteiger partial charge in [-0.15, -0.1) is 12.3 Å². The fourth-order valence-corrected chi connectivity index (χ4v) is 4.96. The zero-order chi connectivity index (χ0) is 28.0. The Morgan fingerprint density at radius 2 is 1.85 bits per heavy atom. The minimum atomic E-state index is -0.381. The Bertz CT molecular complexity index is 721. The molecular weight excluding hydrogens is 452 g/mol. The number of aliphatic hydroxyl groups is 2. The van der Waals surface area contributed by atoms with E-state index in [1.54, 1.807) is 4.90 Å². The molecule has 10 heteroatoms. The van der Waals surface area contributed by atoms with Crippen LogP contribution in [0.2, 0.25) is 0 Å². The van der Waals surface area contributed by atoms with Crippen molar-refractivity contribution in [1.82, 2.24) is 9.96 Å². The van der Waals surface area contributed by atoms with Crippen molar-refractivity contribution < 1.29 is 36.9 Å². The lowest BCUT2D eigenvalue weighted by Crippen LogP contribution is -2.44. The maximum Gasteiger partial charge on any atom is 0.258 e. The van der Waals surface area contributed by atoms with Crippen molar-refractivity contribution in [3.8, 4) is 0 Å². The van der Waals surface area contributed by atoms with Gasteiger partial charge in [0.05, 0.1) is 18.4 Å². The van der Waals surface area contributed by atoms with Gasteiger partial charge in [-0.25, -0.2) is 0 Å². The third kappa shape index (κ3) is 6.14. The second-order valence-corrected chi connectivity index (χ2v) is 8.75. The number of allylic oxidation sites excluding steroid dienone is 2. The maximum absolute atomic E-state index is 12.5. The van der Waals surface area contributed by atoms with E-state index in [2.05, 4.69) is 17.4 Å². The molecule has 33 heavy (non-hydrogen) atoms. The number of fused-ring (bicyclic) bond motifs is 5. The normalized spacial score (nSPS) is 29.8. The van der Waals surface area contributed by atoms with E-state index < -0.39 is 0 Å². The summed E-state index contributed by atoms with van der Waals surface area (Å²) in [6.07, 6.45) is 6.71. The van der Waals surface area contributed by atoms with Gasteiger partial charge >= 0.3 is 0 Å². The number of piperidine rings is 1. The molecule has 0 radical (unpaired) electrons. The van der Waals surface area contributed by atoms with Gasteiger partial charge in [0.2, 0.25) is 7.34 Å². The van der Waals surface area contributed by atoms with Crippen LogP contribution in [0.4, 0.5) is 0 Å². The van der Waals surface area contributed by atoms with Gasteiger partial charge in [-0.05, 0) is 42.9 Å². The molecule has 2 aliphatic carbocycles. The number of aliphatic hydroxyl groups excluding tert-OH is 2. The number of nitrogens with zero attached hydrogens (tertiary/aromatic N) is 2. The number of hydrogen-bond donors (Lipinski definition) is 2. The zero-order valence-corrected chi connectivity index (χ0v) is 20.2. The van der Waals surface area contributed by atoms with Crippen LogP contribution in [0.25, 0.3) is 0 Å². The first kappa shape index (κ1) is 23.2. The Morgan fingerprint density at radius 1 is 1.27 bits per heavy atom. The molecular formula is C23H39ClN2O7. The predicted octanol–water partition coefficient (Wildman–Crippen LogP) is 1.42. The summed E-state index contributed by atoms with van der Waals surface area (Å²) in [5, 5.41) is 13.9. The topological polar surface area (TPSA) is 117 Å². The van der Waals surface area contributed by atoms with Gasteiger partial charge in [-0.3, -0.25) is 19.2 Å². The molecule has 190 valence electrons. The molecule has 4 rings (SSSR count). The number of hydrogen-bond acceptors (Lipinski definition) is 7. The van der Waals surface area contributed by atoms with Crippen LogP contribution in [0.1, 0.15) is 42.7 Å². The summed E-state index contributed by atoms with van der Waals surface area (Å²) in [4.78, 5) is 44.4. The van der Waals surface area contributed by atoms with Gasteiger partial charge in [0.1, 0.15) is 7.78 Å². The number of rotatable bonds is 8. The maximum atomic E-state index is 12.5. The Labute approximate surface area is 207 Å². The molecule has 4 aliphatic rings.